The van der Waals surface area contributed by atoms with Crippen molar-refractivity contribution in [2.45, 2.75) is 6.54 Å². The number of nitrogens with two attached hydrogens (primary N) is 1. The Balaban J connectivity index is 2.08. The summed E-state index contributed by atoms with van der Waals surface area (Å²) in [5.74, 6) is -0.0285. The fourth-order valence-electron chi connectivity index (χ4n) is 1.07. The summed E-state index contributed by atoms with van der Waals surface area (Å²) in [4.78, 5) is 15.8. The number of carbonyl (C=O) groups is 1. The van der Waals surface area contributed by atoms with E-state index in [9.17, 15) is 4.79 Å². The van der Waals surface area contributed by atoms with E-state index in [4.69, 9.17) is 17.3 Å². The summed E-state index contributed by atoms with van der Waals surface area (Å²) in [5.41, 5.74) is 5.72. The minimum Gasteiger partial charge on any atom is -0.325 e. The number of nitrogens with zero attached hydrogens (tertiary/aromatic N) is 3. The summed E-state index contributed by atoms with van der Waals surface area (Å²) in [6.07, 6.45) is 0. The lowest BCUT2D eigenvalue weighted by atomic mass is 10.4. The molecular weight excluding hydrogens is 262 g/mol. The molecule has 0 aliphatic rings. The Hall–Kier alpha value is -1.57. The second kappa shape index (κ2) is 5.17. The lowest BCUT2D eigenvalue weighted by Gasteiger charge is -2.00. The summed E-state index contributed by atoms with van der Waals surface area (Å²) in [6, 6.07) is 3.10. The molecule has 0 radical (unpaired) electrons. The average Bonchev–Trinajstić information content (AvgIpc) is 2.81. The largest absolute Gasteiger partial charge is 0.325 e. The zero-order valence-electron chi connectivity index (χ0n) is 8.55. The van der Waals surface area contributed by atoms with E-state index in [-0.39, 0.29) is 11.1 Å². The molecule has 0 aliphatic carbocycles. The zero-order chi connectivity index (χ0) is 12.3. The molecule has 0 saturated carbocycles. The van der Waals surface area contributed by atoms with Crippen LogP contribution >= 0.6 is 22.9 Å². The monoisotopic (exact) mass is 269 g/mol. The van der Waals surface area contributed by atoms with Gasteiger partial charge in [0.25, 0.3) is 5.91 Å². The third kappa shape index (κ3) is 2.96. The van der Waals surface area contributed by atoms with Crippen molar-refractivity contribution in [2.24, 2.45) is 5.73 Å². The van der Waals surface area contributed by atoms with Crippen LogP contribution in [0.25, 0.3) is 0 Å². The van der Waals surface area contributed by atoms with Crippen LogP contribution in [0, 0.1) is 0 Å². The van der Waals surface area contributed by atoms with E-state index < -0.39 is 0 Å². The lowest BCUT2D eigenvalue weighted by molar-refractivity contribution is 0.102. The lowest BCUT2D eigenvalue weighted by Crippen LogP contribution is -2.14. The number of halogens is 1. The van der Waals surface area contributed by atoms with Crippen molar-refractivity contribution in [2.75, 3.05) is 5.32 Å². The third-order valence-electron chi connectivity index (χ3n) is 1.83. The average molecular weight is 270 g/mol. The van der Waals surface area contributed by atoms with E-state index >= 15 is 0 Å². The van der Waals surface area contributed by atoms with E-state index in [2.05, 4.69) is 20.5 Å². The van der Waals surface area contributed by atoms with Gasteiger partial charge in [-0.2, -0.15) is 0 Å². The highest BCUT2D eigenvalue weighted by molar-refractivity contribution is 7.09. The van der Waals surface area contributed by atoms with E-state index in [1.165, 1.54) is 17.4 Å². The molecule has 2 rings (SSSR count). The molecule has 0 saturated heterocycles. The number of hydrogen-bond acceptors (Lipinski definition) is 6. The van der Waals surface area contributed by atoms with Gasteiger partial charge < -0.3 is 11.1 Å². The number of aromatic nitrogens is 3. The molecular formula is C9H8ClN5OS. The van der Waals surface area contributed by atoms with Crippen LogP contribution in [0.3, 0.4) is 0 Å². The van der Waals surface area contributed by atoms with Gasteiger partial charge in [0, 0.05) is 11.9 Å². The summed E-state index contributed by atoms with van der Waals surface area (Å²) in [5, 5.41) is 12.5. The third-order valence-corrected chi connectivity index (χ3v) is 2.91. The Morgan fingerprint density at radius 3 is 2.88 bits per heavy atom. The fraction of sp³-hybridized carbons (Fsp3) is 0.111. The first-order valence-electron chi connectivity index (χ1n) is 4.64. The Morgan fingerprint density at radius 1 is 1.47 bits per heavy atom. The van der Waals surface area contributed by atoms with E-state index in [1.54, 1.807) is 11.4 Å². The molecule has 0 fully saturated rings. The quantitative estimate of drug-likeness (QED) is 0.876. The molecule has 1 amide bonds. The van der Waals surface area contributed by atoms with Crippen molar-refractivity contribution in [3.63, 3.8) is 0 Å². The van der Waals surface area contributed by atoms with Crippen LogP contribution in [0.2, 0.25) is 5.15 Å². The number of thiazole rings is 1. The van der Waals surface area contributed by atoms with Crippen molar-refractivity contribution in [3.8, 4) is 0 Å². The van der Waals surface area contributed by atoms with E-state index in [0.29, 0.717) is 23.1 Å². The SMILES string of the molecule is NCc1nc(C(=O)Nc2ccc(Cl)nn2)cs1. The normalized spacial score (nSPS) is 10.2. The van der Waals surface area contributed by atoms with Gasteiger partial charge in [-0.05, 0) is 12.1 Å². The number of nitrogens with one attached hydrogen (secondary N) is 1. The maximum atomic E-state index is 11.7. The molecule has 3 N–H and O–H groups in total. The topological polar surface area (TPSA) is 93.8 Å². The van der Waals surface area contributed by atoms with E-state index in [0.717, 1.165) is 0 Å². The van der Waals surface area contributed by atoms with Gasteiger partial charge in [-0.15, -0.1) is 21.5 Å². The van der Waals surface area contributed by atoms with Crippen LogP contribution in [-0.4, -0.2) is 21.1 Å². The molecule has 0 aliphatic heterocycles. The molecule has 2 aromatic heterocycles. The molecule has 2 heterocycles. The number of rotatable bonds is 3. The highest BCUT2D eigenvalue weighted by atomic mass is 35.5. The van der Waals surface area contributed by atoms with Crippen molar-refractivity contribution >= 4 is 34.7 Å². The first-order valence-corrected chi connectivity index (χ1v) is 5.90. The molecule has 6 nitrogen and oxygen atoms in total. The smallest absolute Gasteiger partial charge is 0.276 e. The molecule has 88 valence electrons. The van der Waals surface area contributed by atoms with E-state index in [1.807, 2.05) is 0 Å². The molecule has 0 spiro atoms. The fourth-order valence-corrected chi connectivity index (χ4v) is 1.83. The van der Waals surface area contributed by atoms with Gasteiger partial charge >= 0.3 is 0 Å². The van der Waals surface area contributed by atoms with Crippen molar-refractivity contribution in [1.82, 2.24) is 15.2 Å². The Bertz CT molecular complexity index is 526. The van der Waals surface area contributed by atoms with Crippen molar-refractivity contribution in [1.29, 1.82) is 0 Å². The van der Waals surface area contributed by atoms with Gasteiger partial charge in [-0.3, -0.25) is 4.79 Å². The number of hydrogen-bond donors (Lipinski definition) is 2. The first kappa shape index (κ1) is 11.9. The number of carbonyl (C=O) groups excluding carboxylic acids is 1. The second-order valence-corrected chi connectivity index (χ2v) is 4.36. The summed E-state index contributed by atoms with van der Waals surface area (Å²) < 4.78 is 0. The zero-order valence-corrected chi connectivity index (χ0v) is 10.1. The Labute approximate surface area is 106 Å². The molecule has 0 unspecified atom stereocenters. The Morgan fingerprint density at radius 2 is 2.29 bits per heavy atom. The second-order valence-electron chi connectivity index (χ2n) is 3.03. The predicted octanol–water partition coefficient (Wildman–Crippen LogP) is 1.30. The highest BCUT2D eigenvalue weighted by Crippen LogP contribution is 2.11. The predicted molar refractivity (Wildman–Crippen MR) is 65.0 cm³/mol. The first-order chi connectivity index (χ1) is 8.19. The molecule has 17 heavy (non-hydrogen) atoms. The standard InChI is InChI=1S/C9H8ClN5OS/c10-6-1-2-7(15-14-6)13-9(16)5-4-17-8(3-11)12-5/h1-2,4H,3,11H2,(H,13,15,16). The van der Waals surface area contributed by atoms with Crippen LogP contribution in [0.1, 0.15) is 15.5 Å². The Kier molecular flexibility index (Phi) is 3.62. The molecule has 0 aromatic carbocycles. The van der Waals surface area contributed by atoms with Crippen molar-refractivity contribution in [3.05, 3.63) is 33.4 Å². The van der Waals surface area contributed by atoms with Crippen molar-refractivity contribution < 1.29 is 4.79 Å². The van der Waals surface area contributed by atoms with Crippen LogP contribution in [0.15, 0.2) is 17.5 Å². The van der Waals surface area contributed by atoms with Gasteiger partial charge in [0.05, 0.1) is 0 Å². The van der Waals surface area contributed by atoms with Crippen LogP contribution in [0.5, 0.6) is 0 Å². The summed E-state index contributed by atoms with van der Waals surface area (Å²) in [7, 11) is 0. The van der Waals surface area contributed by atoms with Gasteiger partial charge in [-0.25, -0.2) is 4.98 Å². The van der Waals surface area contributed by atoms with Crippen LogP contribution in [-0.2, 0) is 6.54 Å². The number of amides is 1. The minimum absolute atomic E-state index is 0.266. The van der Waals surface area contributed by atoms with Gasteiger partial charge in [-0.1, -0.05) is 11.6 Å². The molecule has 0 bridgehead atoms. The van der Waals surface area contributed by atoms with Crippen LogP contribution < -0.4 is 11.1 Å². The molecule has 8 heteroatoms. The van der Waals surface area contributed by atoms with Gasteiger partial charge in [0.1, 0.15) is 10.7 Å². The summed E-state index contributed by atoms with van der Waals surface area (Å²) in [6.45, 7) is 0.318. The van der Waals surface area contributed by atoms with Gasteiger partial charge in [0.2, 0.25) is 0 Å². The minimum atomic E-state index is -0.349. The maximum Gasteiger partial charge on any atom is 0.276 e. The number of anilines is 1. The van der Waals surface area contributed by atoms with Gasteiger partial charge in [0.15, 0.2) is 11.0 Å². The summed E-state index contributed by atoms with van der Waals surface area (Å²) >= 11 is 6.91. The molecule has 0 atom stereocenters. The highest BCUT2D eigenvalue weighted by Gasteiger charge is 2.11. The maximum absolute atomic E-state index is 11.7. The van der Waals surface area contributed by atoms with Crippen LogP contribution in [0.4, 0.5) is 5.82 Å². The molecule has 2 aromatic rings.